The van der Waals surface area contributed by atoms with Gasteiger partial charge in [-0.25, -0.2) is 4.68 Å². The maximum absolute atomic E-state index is 13.5. The van der Waals surface area contributed by atoms with Gasteiger partial charge in [-0.1, -0.05) is 48.9 Å². The Morgan fingerprint density at radius 2 is 1.49 bits per heavy atom. The molecule has 0 aliphatic heterocycles. The molecular formula is C29H28N4O2. The van der Waals surface area contributed by atoms with Crippen LogP contribution in [0.4, 0.5) is 11.4 Å². The minimum atomic E-state index is -0.249. The molecule has 0 fully saturated rings. The Morgan fingerprint density at radius 3 is 2.26 bits per heavy atom. The Balaban J connectivity index is 1.44. The highest BCUT2D eigenvalue weighted by Crippen LogP contribution is 2.28. The number of benzene rings is 3. The highest BCUT2D eigenvalue weighted by molar-refractivity contribution is 6.08. The number of aromatic nitrogens is 2. The summed E-state index contributed by atoms with van der Waals surface area (Å²) in [5.74, 6) is -0.464. The second kappa shape index (κ2) is 9.97. The summed E-state index contributed by atoms with van der Waals surface area (Å²) in [6.45, 7) is 1.85. The predicted octanol–water partition coefficient (Wildman–Crippen LogP) is 5.95. The minimum Gasteiger partial charge on any atom is -0.322 e. The normalized spacial score (nSPS) is 12.9. The molecule has 1 aromatic heterocycles. The number of fused-ring (bicyclic) bond motifs is 1. The van der Waals surface area contributed by atoms with Gasteiger partial charge in [0, 0.05) is 28.2 Å². The van der Waals surface area contributed by atoms with Crippen LogP contribution in [0, 0.1) is 6.92 Å². The van der Waals surface area contributed by atoms with Crippen LogP contribution in [0.5, 0.6) is 0 Å². The van der Waals surface area contributed by atoms with Gasteiger partial charge >= 0.3 is 0 Å². The number of hydrogen-bond donors (Lipinski definition) is 2. The van der Waals surface area contributed by atoms with Crippen molar-refractivity contribution < 1.29 is 9.59 Å². The fraction of sp³-hybridized carbons (Fsp3) is 0.207. The lowest BCUT2D eigenvalue weighted by Crippen LogP contribution is -2.18. The van der Waals surface area contributed by atoms with Crippen molar-refractivity contribution in [1.29, 1.82) is 0 Å². The van der Waals surface area contributed by atoms with Crippen LogP contribution in [-0.4, -0.2) is 21.6 Å². The largest absolute Gasteiger partial charge is 0.322 e. The Labute approximate surface area is 205 Å². The van der Waals surface area contributed by atoms with E-state index in [1.54, 1.807) is 12.1 Å². The van der Waals surface area contributed by atoms with Gasteiger partial charge in [0.05, 0.1) is 5.69 Å². The van der Waals surface area contributed by atoms with Crippen LogP contribution in [0.25, 0.3) is 5.69 Å². The van der Waals surface area contributed by atoms with E-state index < -0.39 is 0 Å². The Morgan fingerprint density at radius 1 is 0.771 bits per heavy atom. The van der Waals surface area contributed by atoms with E-state index in [1.165, 1.54) is 0 Å². The second-order valence-electron chi connectivity index (χ2n) is 8.83. The lowest BCUT2D eigenvalue weighted by Gasteiger charge is -2.13. The summed E-state index contributed by atoms with van der Waals surface area (Å²) >= 11 is 0. The minimum absolute atomic E-state index is 0.216. The summed E-state index contributed by atoms with van der Waals surface area (Å²) in [7, 11) is 0. The number of rotatable bonds is 5. The van der Waals surface area contributed by atoms with Gasteiger partial charge in [-0.2, -0.15) is 5.10 Å². The van der Waals surface area contributed by atoms with Gasteiger partial charge < -0.3 is 10.6 Å². The molecular weight excluding hydrogens is 436 g/mol. The van der Waals surface area contributed by atoms with E-state index in [0.717, 1.165) is 54.7 Å². The quantitative estimate of drug-likeness (QED) is 0.358. The summed E-state index contributed by atoms with van der Waals surface area (Å²) in [5.41, 5.74) is 6.12. The third-order valence-corrected chi connectivity index (χ3v) is 6.50. The zero-order valence-corrected chi connectivity index (χ0v) is 19.8. The molecule has 1 heterocycles. The molecule has 0 spiro atoms. The van der Waals surface area contributed by atoms with Crippen LogP contribution in [0.1, 0.15) is 56.9 Å². The van der Waals surface area contributed by atoms with Crippen molar-refractivity contribution in [1.82, 2.24) is 9.78 Å². The van der Waals surface area contributed by atoms with Crippen molar-refractivity contribution >= 4 is 23.2 Å². The van der Waals surface area contributed by atoms with Gasteiger partial charge in [0.1, 0.15) is 0 Å². The van der Waals surface area contributed by atoms with E-state index in [2.05, 4.69) is 10.6 Å². The average molecular weight is 465 g/mol. The van der Waals surface area contributed by atoms with Gasteiger partial charge in [-0.15, -0.1) is 0 Å². The van der Waals surface area contributed by atoms with Gasteiger partial charge in [0.2, 0.25) is 0 Å². The lowest BCUT2D eigenvalue weighted by atomic mass is 10.0. The SMILES string of the molecule is Cc1c(NC(=O)c2nn(-c3ccccc3)c3c2CCCCC3)cccc1C(=O)Nc1ccccc1. The predicted molar refractivity (Wildman–Crippen MR) is 138 cm³/mol. The summed E-state index contributed by atoms with van der Waals surface area (Å²) in [6, 6.07) is 24.7. The zero-order valence-electron chi connectivity index (χ0n) is 19.8. The van der Waals surface area contributed by atoms with Crippen LogP contribution in [0.3, 0.4) is 0 Å². The number of nitrogens with one attached hydrogen (secondary N) is 2. The molecule has 4 aromatic rings. The number of carbonyl (C=O) groups is 2. The van der Waals surface area contributed by atoms with Crippen LogP contribution in [0.2, 0.25) is 0 Å². The molecule has 6 heteroatoms. The molecule has 0 saturated heterocycles. The molecule has 1 aliphatic rings. The summed E-state index contributed by atoms with van der Waals surface area (Å²) in [5, 5.41) is 10.7. The number of hydrogen-bond acceptors (Lipinski definition) is 3. The topological polar surface area (TPSA) is 76.0 Å². The number of para-hydroxylation sites is 2. The third kappa shape index (κ3) is 4.73. The highest BCUT2D eigenvalue weighted by Gasteiger charge is 2.25. The Hall–Kier alpha value is -4.19. The summed E-state index contributed by atoms with van der Waals surface area (Å²) in [6.07, 6.45) is 5.01. The van der Waals surface area contributed by atoms with Gasteiger partial charge in [0.15, 0.2) is 5.69 Å². The number of anilines is 2. The molecule has 3 aromatic carbocycles. The molecule has 35 heavy (non-hydrogen) atoms. The van der Waals surface area contributed by atoms with Crippen molar-refractivity contribution in [2.24, 2.45) is 0 Å². The summed E-state index contributed by atoms with van der Waals surface area (Å²) in [4.78, 5) is 26.4. The molecule has 1 aliphatic carbocycles. The second-order valence-corrected chi connectivity index (χ2v) is 8.83. The molecule has 5 rings (SSSR count). The molecule has 0 radical (unpaired) electrons. The van der Waals surface area contributed by atoms with Crippen molar-refractivity contribution in [3.63, 3.8) is 0 Å². The van der Waals surface area contributed by atoms with E-state index in [-0.39, 0.29) is 11.8 Å². The van der Waals surface area contributed by atoms with Gasteiger partial charge in [-0.3, -0.25) is 9.59 Å². The van der Waals surface area contributed by atoms with Crippen LogP contribution in [-0.2, 0) is 12.8 Å². The van der Waals surface area contributed by atoms with Crippen LogP contribution < -0.4 is 10.6 Å². The number of carbonyl (C=O) groups excluding carboxylic acids is 2. The number of nitrogens with zero attached hydrogens (tertiary/aromatic N) is 2. The van der Waals surface area contributed by atoms with E-state index >= 15 is 0 Å². The molecule has 6 nitrogen and oxygen atoms in total. The monoisotopic (exact) mass is 464 g/mol. The first-order valence-electron chi connectivity index (χ1n) is 12.1. The zero-order chi connectivity index (χ0) is 24.2. The maximum Gasteiger partial charge on any atom is 0.276 e. The van der Waals surface area contributed by atoms with E-state index in [4.69, 9.17) is 5.10 Å². The standard InChI is InChI=1S/C29H28N4O2/c1-20-23(28(34)30-21-12-5-2-6-13-21)17-11-18-25(20)31-29(35)27-24-16-9-4-10-19-26(24)33(32-27)22-14-7-3-8-15-22/h2-3,5-8,11-15,17-18H,4,9-10,16,19H2,1H3,(H,30,34)(H,31,35). The highest BCUT2D eigenvalue weighted by atomic mass is 16.2. The molecule has 0 bridgehead atoms. The van der Waals surface area contributed by atoms with Crippen molar-refractivity contribution in [3.05, 3.63) is 107 Å². The molecule has 0 unspecified atom stereocenters. The maximum atomic E-state index is 13.5. The molecule has 0 atom stereocenters. The first-order valence-corrected chi connectivity index (χ1v) is 12.1. The lowest BCUT2D eigenvalue weighted by molar-refractivity contribution is 0.101. The van der Waals surface area contributed by atoms with E-state index in [9.17, 15) is 9.59 Å². The fourth-order valence-electron chi connectivity index (χ4n) is 4.66. The van der Waals surface area contributed by atoms with E-state index in [1.807, 2.05) is 78.3 Å². The molecule has 176 valence electrons. The first-order chi connectivity index (χ1) is 17.1. The van der Waals surface area contributed by atoms with Crippen molar-refractivity contribution in [2.45, 2.75) is 39.0 Å². The number of amides is 2. The Kier molecular flexibility index (Phi) is 6.44. The van der Waals surface area contributed by atoms with Crippen molar-refractivity contribution in [2.75, 3.05) is 10.6 Å². The molecule has 0 saturated carbocycles. The van der Waals surface area contributed by atoms with Crippen molar-refractivity contribution in [3.8, 4) is 5.69 Å². The molecule has 2 amide bonds. The van der Waals surface area contributed by atoms with Crippen LogP contribution in [0.15, 0.2) is 78.9 Å². The van der Waals surface area contributed by atoms with E-state index in [0.29, 0.717) is 22.5 Å². The first kappa shape index (κ1) is 22.6. The average Bonchev–Trinajstić information content (AvgIpc) is 3.07. The van der Waals surface area contributed by atoms with Gasteiger partial charge in [-0.05, 0) is 74.6 Å². The molecule has 2 N–H and O–H groups in total. The summed E-state index contributed by atoms with van der Waals surface area (Å²) < 4.78 is 1.92. The Bertz CT molecular complexity index is 1360. The van der Waals surface area contributed by atoms with Crippen LogP contribution >= 0.6 is 0 Å². The smallest absolute Gasteiger partial charge is 0.276 e. The fourth-order valence-corrected chi connectivity index (χ4v) is 4.66. The third-order valence-electron chi connectivity index (χ3n) is 6.50. The van der Waals surface area contributed by atoms with Gasteiger partial charge in [0.25, 0.3) is 11.8 Å².